The first kappa shape index (κ1) is 16.9. The van der Waals surface area contributed by atoms with E-state index in [-0.39, 0.29) is 11.9 Å². The Hall–Kier alpha value is -0.470. The Bertz CT molecular complexity index is 555. The van der Waals surface area contributed by atoms with Crippen molar-refractivity contribution < 1.29 is 14.3 Å². The maximum atomic E-state index is 12.6. The summed E-state index contributed by atoms with van der Waals surface area (Å²) in [6, 6.07) is 4.67. The number of nitrogens with zero attached hydrogens (tertiary/aromatic N) is 1. The zero-order chi connectivity index (χ0) is 15.4. The van der Waals surface area contributed by atoms with Crippen molar-refractivity contribution in [2.75, 3.05) is 24.7 Å². The van der Waals surface area contributed by atoms with Crippen molar-refractivity contribution in [3.8, 4) is 0 Å². The molecule has 1 aromatic rings. The van der Waals surface area contributed by atoms with Gasteiger partial charge in [0.05, 0.1) is 11.6 Å². The van der Waals surface area contributed by atoms with Gasteiger partial charge in [-0.3, -0.25) is 4.79 Å². The lowest BCUT2D eigenvalue weighted by molar-refractivity contribution is -0.147. The third-order valence-corrected chi connectivity index (χ3v) is 5.71. The lowest BCUT2D eigenvalue weighted by Crippen LogP contribution is -2.51. The number of halogens is 2. The summed E-state index contributed by atoms with van der Waals surface area (Å²) >= 11 is 9.84. The van der Waals surface area contributed by atoms with Crippen LogP contribution in [-0.4, -0.2) is 47.5 Å². The summed E-state index contributed by atoms with van der Waals surface area (Å²) in [4.78, 5) is 26.2. The number of carbonyl (C=O) groups excluding carboxylic acids is 2. The molecule has 4 nitrogen and oxygen atoms in total. The molecule has 1 fully saturated rings. The van der Waals surface area contributed by atoms with Gasteiger partial charge in [0.15, 0.2) is 0 Å². The molecular weight excluding hydrogens is 425 g/mol. The highest BCUT2D eigenvalue weighted by atomic mass is 127. The average molecular weight is 440 g/mol. The van der Waals surface area contributed by atoms with E-state index >= 15 is 0 Å². The van der Waals surface area contributed by atoms with Crippen LogP contribution in [0.3, 0.4) is 0 Å². The molecule has 0 radical (unpaired) electrons. The van der Waals surface area contributed by atoms with Crippen LogP contribution >= 0.6 is 46.0 Å². The average Bonchev–Trinajstić information content (AvgIpc) is 2.49. The number of thioether (sulfide) groups is 1. The highest BCUT2D eigenvalue weighted by molar-refractivity contribution is 14.1. The third kappa shape index (κ3) is 4.04. The van der Waals surface area contributed by atoms with Crippen LogP contribution < -0.4 is 0 Å². The van der Waals surface area contributed by atoms with Gasteiger partial charge in [-0.2, -0.15) is 11.8 Å². The highest BCUT2D eigenvalue weighted by Gasteiger charge is 2.34. The van der Waals surface area contributed by atoms with E-state index in [1.54, 1.807) is 41.8 Å². The van der Waals surface area contributed by atoms with Crippen LogP contribution in [0.1, 0.15) is 17.3 Å². The lowest BCUT2D eigenvalue weighted by Gasteiger charge is -2.33. The van der Waals surface area contributed by atoms with Gasteiger partial charge in [0.2, 0.25) is 0 Å². The monoisotopic (exact) mass is 439 g/mol. The van der Waals surface area contributed by atoms with E-state index in [0.29, 0.717) is 29.5 Å². The van der Waals surface area contributed by atoms with E-state index in [4.69, 9.17) is 16.3 Å². The van der Waals surface area contributed by atoms with Gasteiger partial charge in [-0.25, -0.2) is 4.79 Å². The lowest BCUT2D eigenvalue weighted by atomic mass is 10.1. The van der Waals surface area contributed by atoms with E-state index in [2.05, 4.69) is 22.6 Å². The Morgan fingerprint density at radius 2 is 2.29 bits per heavy atom. The molecule has 1 heterocycles. The maximum absolute atomic E-state index is 12.6. The largest absolute Gasteiger partial charge is 0.464 e. The molecule has 1 unspecified atom stereocenters. The number of ether oxygens (including phenoxy) is 1. The molecule has 0 saturated carbocycles. The summed E-state index contributed by atoms with van der Waals surface area (Å²) in [5.41, 5.74) is 0.501. The summed E-state index contributed by atoms with van der Waals surface area (Å²) < 4.78 is 5.96. The van der Waals surface area contributed by atoms with Crippen molar-refractivity contribution >= 4 is 57.8 Å². The molecule has 1 aliphatic rings. The van der Waals surface area contributed by atoms with Crippen LogP contribution in [0.25, 0.3) is 0 Å². The van der Waals surface area contributed by atoms with E-state index in [9.17, 15) is 9.59 Å². The normalized spacial score (nSPS) is 18.4. The Labute approximate surface area is 146 Å². The minimum absolute atomic E-state index is 0.174. The van der Waals surface area contributed by atoms with Crippen molar-refractivity contribution in [3.63, 3.8) is 0 Å². The number of carbonyl (C=O) groups is 2. The molecule has 21 heavy (non-hydrogen) atoms. The van der Waals surface area contributed by atoms with Crippen molar-refractivity contribution in [1.29, 1.82) is 0 Å². The quantitative estimate of drug-likeness (QED) is 0.536. The van der Waals surface area contributed by atoms with E-state index in [1.165, 1.54) is 0 Å². The second kappa shape index (κ2) is 7.69. The van der Waals surface area contributed by atoms with Crippen LogP contribution in [-0.2, 0) is 9.53 Å². The number of rotatable bonds is 3. The molecule has 1 aromatic carbocycles. The Morgan fingerprint density at radius 3 is 2.95 bits per heavy atom. The van der Waals surface area contributed by atoms with Gasteiger partial charge in [0.25, 0.3) is 5.91 Å². The third-order valence-electron chi connectivity index (χ3n) is 3.11. The molecule has 114 valence electrons. The van der Waals surface area contributed by atoms with Crippen molar-refractivity contribution in [3.05, 3.63) is 32.4 Å². The SMILES string of the molecule is CCOC(=O)C1CSCCN1C(=O)c1ccc(I)c(Cl)c1. The molecular formula is C14H15ClINO3S. The fourth-order valence-electron chi connectivity index (χ4n) is 2.08. The molecule has 1 atom stereocenters. The molecule has 1 saturated heterocycles. The predicted octanol–water partition coefficient (Wildman–Crippen LogP) is 3.07. The first-order valence-electron chi connectivity index (χ1n) is 6.55. The van der Waals surface area contributed by atoms with Crippen molar-refractivity contribution in [2.45, 2.75) is 13.0 Å². The van der Waals surface area contributed by atoms with Gasteiger partial charge in [-0.15, -0.1) is 0 Å². The van der Waals surface area contributed by atoms with Crippen molar-refractivity contribution in [2.24, 2.45) is 0 Å². The van der Waals surface area contributed by atoms with Crippen LogP contribution in [0.2, 0.25) is 5.02 Å². The zero-order valence-corrected chi connectivity index (χ0v) is 15.2. The number of hydrogen-bond donors (Lipinski definition) is 0. The molecule has 0 bridgehead atoms. The minimum atomic E-state index is -0.519. The standard InChI is InChI=1S/C14H15ClINO3S/c1-2-20-14(19)12-8-21-6-5-17(12)13(18)9-3-4-11(16)10(15)7-9/h3-4,7,12H,2,5-6,8H2,1H3. The Balaban J connectivity index is 2.21. The van der Waals surface area contributed by atoms with E-state index in [1.807, 2.05) is 0 Å². The summed E-state index contributed by atoms with van der Waals surface area (Å²) in [5.74, 6) is 0.879. The molecule has 2 rings (SSSR count). The topological polar surface area (TPSA) is 46.6 Å². The van der Waals surface area contributed by atoms with E-state index in [0.717, 1.165) is 9.32 Å². The van der Waals surface area contributed by atoms with Crippen LogP contribution in [0.4, 0.5) is 0 Å². The molecule has 0 spiro atoms. The Morgan fingerprint density at radius 1 is 1.52 bits per heavy atom. The van der Waals surface area contributed by atoms with E-state index < -0.39 is 6.04 Å². The summed E-state index contributed by atoms with van der Waals surface area (Å²) in [6.45, 7) is 2.62. The number of esters is 1. The molecule has 1 aliphatic heterocycles. The van der Waals surface area contributed by atoms with Crippen molar-refractivity contribution in [1.82, 2.24) is 4.90 Å². The molecule has 0 aromatic heterocycles. The van der Waals surface area contributed by atoms with Gasteiger partial charge >= 0.3 is 5.97 Å². The molecule has 0 N–H and O–H groups in total. The fraction of sp³-hybridized carbons (Fsp3) is 0.429. The highest BCUT2D eigenvalue weighted by Crippen LogP contribution is 2.24. The van der Waals surface area contributed by atoms with Gasteiger partial charge in [0, 0.05) is 27.2 Å². The van der Waals surface area contributed by atoms with Crippen LogP contribution in [0.5, 0.6) is 0 Å². The van der Waals surface area contributed by atoms with Gasteiger partial charge in [-0.1, -0.05) is 11.6 Å². The summed E-state index contributed by atoms with van der Waals surface area (Å²) in [6.07, 6.45) is 0. The molecule has 0 aliphatic carbocycles. The van der Waals surface area contributed by atoms with Crippen LogP contribution in [0.15, 0.2) is 18.2 Å². The molecule has 1 amide bonds. The van der Waals surface area contributed by atoms with Gasteiger partial charge in [0.1, 0.15) is 6.04 Å². The smallest absolute Gasteiger partial charge is 0.329 e. The second-order valence-corrected chi connectivity index (χ2v) is 7.19. The second-order valence-electron chi connectivity index (χ2n) is 4.47. The predicted molar refractivity (Wildman–Crippen MR) is 93.0 cm³/mol. The number of amides is 1. The molecule has 7 heteroatoms. The minimum Gasteiger partial charge on any atom is -0.464 e. The maximum Gasteiger partial charge on any atom is 0.329 e. The number of benzene rings is 1. The number of hydrogen-bond acceptors (Lipinski definition) is 4. The van der Waals surface area contributed by atoms with Gasteiger partial charge < -0.3 is 9.64 Å². The fourth-order valence-corrected chi connectivity index (χ4v) is 3.62. The first-order valence-corrected chi connectivity index (χ1v) is 9.16. The van der Waals surface area contributed by atoms with Gasteiger partial charge in [-0.05, 0) is 47.7 Å². The zero-order valence-electron chi connectivity index (χ0n) is 11.5. The Kier molecular flexibility index (Phi) is 6.19. The summed E-state index contributed by atoms with van der Waals surface area (Å²) in [5, 5.41) is 0.542. The van der Waals surface area contributed by atoms with Crippen LogP contribution in [0, 0.1) is 3.57 Å². The first-order chi connectivity index (χ1) is 10.0. The summed E-state index contributed by atoms with van der Waals surface area (Å²) in [7, 11) is 0.